The van der Waals surface area contributed by atoms with E-state index in [1.54, 1.807) is 0 Å². The molecular weight excluding hydrogens is 384 g/mol. The Morgan fingerprint density at radius 2 is 1.48 bits per heavy atom. The summed E-state index contributed by atoms with van der Waals surface area (Å²) < 4.78 is 0. The van der Waals surface area contributed by atoms with E-state index in [-0.39, 0.29) is 18.4 Å². The highest BCUT2D eigenvalue weighted by Crippen LogP contribution is 2.33. The lowest BCUT2D eigenvalue weighted by Crippen LogP contribution is -2.32. The molecular formula is C27H26N2O2. The lowest BCUT2D eigenvalue weighted by molar-refractivity contribution is -0.137. The highest BCUT2D eigenvalue weighted by molar-refractivity contribution is 6.36. The van der Waals surface area contributed by atoms with E-state index in [4.69, 9.17) is 0 Å². The van der Waals surface area contributed by atoms with Gasteiger partial charge in [-0.2, -0.15) is 0 Å². The molecule has 1 aliphatic rings. The molecule has 156 valence electrons. The molecule has 4 rings (SSSR count). The molecule has 0 fully saturated rings. The molecule has 0 bridgehead atoms. The van der Waals surface area contributed by atoms with Gasteiger partial charge in [0, 0.05) is 5.69 Å². The van der Waals surface area contributed by atoms with Crippen molar-refractivity contribution in [3.8, 4) is 0 Å². The minimum absolute atomic E-state index is 0.241. The van der Waals surface area contributed by atoms with Crippen LogP contribution < -0.4 is 5.32 Å². The number of rotatable bonds is 5. The first-order valence-corrected chi connectivity index (χ1v) is 10.4. The predicted octanol–water partition coefficient (Wildman–Crippen LogP) is 5.31. The molecule has 1 N–H and O–H groups in total. The highest BCUT2D eigenvalue weighted by atomic mass is 16.2. The Labute approximate surface area is 183 Å². The van der Waals surface area contributed by atoms with Crippen LogP contribution in [0.3, 0.4) is 0 Å². The van der Waals surface area contributed by atoms with Gasteiger partial charge in [0.25, 0.3) is 11.8 Å². The first kappa shape index (κ1) is 20.6. The van der Waals surface area contributed by atoms with Crippen LogP contribution in [0, 0.1) is 27.7 Å². The van der Waals surface area contributed by atoms with E-state index in [0.29, 0.717) is 11.3 Å². The second-order valence-corrected chi connectivity index (χ2v) is 8.17. The fraction of sp³-hybridized carbons (Fsp3) is 0.185. The van der Waals surface area contributed by atoms with Gasteiger partial charge in [-0.05, 0) is 67.6 Å². The Hall–Kier alpha value is -3.66. The van der Waals surface area contributed by atoms with E-state index in [2.05, 4.69) is 5.32 Å². The Balaban J connectivity index is 1.79. The molecule has 1 heterocycles. The number of aryl methyl sites for hydroxylation is 4. The van der Waals surface area contributed by atoms with E-state index in [0.717, 1.165) is 33.5 Å². The second-order valence-electron chi connectivity index (χ2n) is 8.17. The number of benzene rings is 3. The third kappa shape index (κ3) is 4.02. The van der Waals surface area contributed by atoms with E-state index in [1.807, 2.05) is 94.4 Å². The van der Waals surface area contributed by atoms with Crippen molar-refractivity contribution in [1.82, 2.24) is 4.90 Å². The smallest absolute Gasteiger partial charge is 0.278 e. The Morgan fingerprint density at radius 1 is 0.742 bits per heavy atom. The molecule has 3 aromatic carbocycles. The Kier molecular flexibility index (Phi) is 5.47. The number of amides is 2. The number of carbonyl (C=O) groups excluding carboxylic acids is 2. The molecule has 0 aliphatic carbocycles. The molecule has 31 heavy (non-hydrogen) atoms. The minimum atomic E-state index is -0.304. The maximum atomic E-state index is 13.5. The molecule has 2 amide bonds. The van der Waals surface area contributed by atoms with Crippen LogP contribution in [-0.4, -0.2) is 16.7 Å². The second kappa shape index (κ2) is 8.23. The summed E-state index contributed by atoms with van der Waals surface area (Å²) in [6, 6.07) is 21.5. The van der Waals surface area contributed by atoms with Crippen LogP contribution in [0.1, 0.15) is 33.4 Å². The Morgan fingerprint density at radius 3 is 2.16 bits per heavy atom. The van der Waals surface area contributed by atoms with Crippen molar-refractivity contribution >= 4 is 23.1 Å². The van der Waals surface area contributed by atoms with Gasteiger partial charge in [-0.25, -0.2) is 0 Å². The molecule has 0 saturated carbocycles. The molecule has 0 aromatic heterocycles. The lowest BCUT2D eigenvalue weighted by Gasteiger charge is -2.15. The van der Waals surface area contributed by atoms with Gasteiger partial charge in [0.15, 0.2) is 0 Å². The maximum absolute atomic E-state index is 13.5. The van der Waals surface area contributed by atoms with Gasteiger partial charge < -0.3 is 5.32 Å². The number of imide groups is 1. The lowest BCUT2D eigenvalue weighted by atomic mass is 9.97. The zero-order valence-electron chi connectivity index (χ0n) is 18.3. The van der Waals surface area contributed by atoms with Gasteiger partial charge in [0.05, 0.1) is 12.1 Å². The molecule has 4 heteroatoms. The summed E-state index contributed by atoms with van der Waals surface area (Å²) in [6.07, 6.45) is 0. The van der Waals surface area contributed by atoms with Crippen LogP contribution >= 0.6 is 0 Å². The Bertz CT molecular complexity index is 1210. The number of carbonyl (C=O) groups is 2. The summed E-state index contributed by atoms with van der Waals surface area (Å²) in [4.78, 5) is 28.2. The van der Waals surface area contributed by atoms with Crippen LogP contribution in [-0.2, 0) is 16.1 Å². The third-order valence-corrected chi connectivity index (χ3v) is 5.78. The van der Waals surface area contributed by atoms with E-state index < -0.39 is 0 Å². The van der Waals surface area contributed by atoms with Gasteiger partial charge >= 0.3 is 0 Å². The number of nitrogens with zero attached hydrogens (tertiary/aromatic N) is 1. The summed E-state index contributed by atoms with van der Waals surface area (Å²) >= 11 is 0. The van der Waals surface area contributed by atoms with Gasteiger partial charge in [0.1, 0.15) is 5.70 Å². The van der Waals surface area contributed by atoms with Crippen LogP contribution in [0.25, 0.3) is 5.57 Å². The van der Waals surface area contributed by atoms with Crippen molar-refractivity contribution in [2.24, 2.45) is 0 Å². The minimum Gasteiger partial charge on any atom is -0.350 e. The molecule has 0 spiro atoms. The quantitative estimate of drug-likeness (QED) is 0.580. The summed E-state index contributed by atoms with van der Waals surface area (Å²) in [7, 11) is 0. The first-order valence-electron chi connectivity index (χ1n) is 10.4. The maximum Gasteiger partial charge on any atom is 0.278 e. The predicted molar refractivity (Wildman–Crippen MR) is 124 cm³/mol. The molecule has 0 atom stereocenters. The van der Waals surface area contributed by atoms with Crippen LogP contribution in [0.2, 0.25) is 0 Å². The average Bonchev–Trinajstić information content (AvgIpc) is 2.96. The normalized spacial score (nSPS) is 13.9. The summed E-state index contributed by atoms with van der Waals surface area (Å²) in [5, 5.41) is 3.26. The van der Waals surface area contributed by atoms with Crippen LogP contribution in [0.5, 0.6) is 0 Å². The zero-order valence-corrected chi connectivity index (χ0v) is 18.3. The summed E-state index contributed by atoms with van der Waals surface area (Å²) in [5.41, 5.74) is 7.63. The van der Waals surface area contributed by atoms with Crippen LogP contribution in [0.4, 0.5) is 5.69 Å². The average molecular weight is 411 g/mol. The molecule has 1 aliphatic heterocycles. The largest absolute Gasteiger partial charge is 0.350 e. The topological polar surface area (TPSA) is 49.4 Å². The van der Waals surface area contributed by atoms with Gasteiger partial charge in [-0.3, -0.25) is 14.5 Å². The summed E-state index contributed by atoms with van der Waals surface area (Å²) in [5.74, 6) is -0.575. The van der Waals surface area contributed by atoms with Gasteiger partial charge in [-0.15, -0.1) is 0 Å². The van der Waals surface area contributed by atoms with Crippen LogP contribution in [0.15, 0.2) is 72.4 Å². The summed E-state index contributed by atoms with van der Waals surface area (Å²) in [6.45, 7) is 8.31. The molecule has 3 aromatic rings. The van der Waals surface area contributed by atoms with Crippen molar-refractivity contribution in [2.75, 3.05) is 5.32 Å². The highest BCUT2D eigenvalue weighted by Gasteiger charge is 2.39. The number of nitrogens with one attached hydrogen (secondary N) is 1. The molecule has 0 radical (unpaired) electrons. The molecule has 0 unspecified atom stereocenters. The first-order chi connectivity index (χ1) is 14.8. The molecule has 0 saturated heterocycles. The fourth-order valence-corrected chi connectivity index (χ4v) is 3.91. The monoisotopic (exact) mass is 410 g/mol. The van der Waals surface area contributed by atoms with Gasteiger partial charge in [0.2, 0.25) is 0 Å². The van der Waals surface area contributed by atoms with Crippen molar-refractivity contribution < 1.29 is 9.59 Å². The fourth-order valence-electron chi connectivity index (χ4n) is 3.91. The van der Waals surface area contributed by atoms with Crippen molar-refractivity contribution in [1.29, 1.82) is 0 Å². The van der Waals surface area contributed by atoms with Crippen molar-refractivity contribution in [3.05, 3.63) is 106 Å². The third-order valence-electron chi connectivity index (χ3n) is 5.78. The number of anilines is 1. The van der Waals surface area contributed by atoms with E-state index in [9.17, 15) is 9.59 Å². The van der Waals surface area contributed by atoms with Crippen molar-refractivity contribution in [3.63, 3.8) is 0 Å². The van der Waals surface area contributed by atoms with E-state index >= 15 is 0 Å². The van der Waals surface area contributed by atoms with Crippen molar-refractivity contribution in [2.45, 2.75) is 34.2 Å². The number of hydrogen-bond donors (Lipinski definition) is 1. The standard InChI is InChI=1S/C27H26N2O2/c1-17-10-13-23(20(4)14-17)24-25(28-22-12-11-18(2)19(3)15-22)27(31)29(26(24)30)16-21-8-6-5-7-9-21/h5-15,28H,16H2,1-4H3. The number of hydrogen-bond acceptors (Lipinski definition) is 3. The SMILES string of the molecule is Cc1ccc(C2=C(Nc3ccc(C)c(C)c3)C(=O)N(Cc3ccccc3)C2=O)c(C)c1. The van der Waals surface area contributed by atoms with Gasteiger partial charge in [-0.1, -0.05) is 60.2 Å². The zero-order chi connectivity index (χ0) is 22.1. The van der Waals surface area contributed by atoms with E-state index in [1.165, 1.54) is 10.5 Å². The molecule has 4 nitrogen and oxygen atoms in total.